The van der Waals surface area contributed by atoms with Gasteiger partial charge in [0, 0.05) is 18.1 Å². The molecule has 0 unspecified atom stereocenters. The van der Waals surface area contributed by atoms with Gasteiger partial charge in [-0.25, -0.2) is 8.78 Å². The topological polar surface area (TPSA) is 72.2 Å². The fourth-order valence-electron chi connectivity index (χ4n) is 2.12. The molecule has 6 heteroatoms. The third-order valence-corrected chi connectivity index (χ3v) is 3.34. The Morgan fingerprint density at radius 1 is 1.04 bits per heavy atom. The van der Waals surface area contributed by atoms with Gasteiger partial charge in [0.25, 0.3) is 0 Å². The highest BCUT2D eigenvalue weighted by atomic mass is 19.1. The van der Waals surface area contributed by atoms with E-state index in [1.54, 1.807) is 24.3 Å². The van der Waals surface area contributed by atoms with Gasteiger partial charge in [0.1, 0.15) is 17.7 Å². The van der Waals surface area contributed by atoms with Crippen LogP contribution in [0.2, 0.25) is 0 Å². The van der Waals surface area contributed by atoms with Crippen LogP contribution in [0.15, 0.2) is 54.6 Å². The van der Waals surface area contributed by atoms with E-state index in [9.17, 15) is 18.4 Å². The largest absolute Gasteiger partial charge is 0.368 e. The molecule has 2 amide bonds. The summed E-state index contributed by atoms with van der Waals surface area (Å²) in [6.07, 6.45) is 2.20. The summed E-state index contributed by atoms with van der Waals surface area (Å²) < 4.78 is 27.0. The molecule has 0 fully saturated rings. The van der Waals surface area contributed by atoms with E-state index >= 15 is 0 Å². The maximum absolute atomic E-state index is 13.5. The molecular formula is C18H16F2N2O2. The van der Waals surface area contributed by atoms with Gasteiger partial charge in [-0.1, -0.05) is 36.4 Å². The number of hydrogen-bond donors (Lipinski definition) is 2. The minimum atomic E-state index is -0.921. The van der Waals surface area contributed by atoms with Crippen LogP contribution in [0.5, 0.6) is 0 Å². The molecule has 0 radical (unpaired) electrons. The highest BCUT2D eigenvalue weighted by molar-refractivity contribution is 5.95. The van der Waals surface area contributed by atoms with E-state index in [0.29, 0.717) is 0 Å². The van der Waals surface area contributed by atoms with Gasteiger partial charge in [-0.15, -0.1) is 0 Å². The number of nitrogens with one attached hydrogen (secondary N) is 1. The molecule has 2 aromatic carbocycles. The highest BCUT2D eigenvalue weighted by Crippen LogP contribution is 2.13. The zero-order valence-electron chi connectivity index (χ0n) is 12.7. The Bertz CT molecular complexity index is 741. The molecule has 0 spiro atoms. The third-order valence-electron chi connectivity index (χ3n) is 3.34. The summed E-state index contributed by atoms with van der Waals surface area (Å²) in [7, 11) is 0. The summed E-state index contributed by atoms with van der Waals surface area (Å²) in [5.74, 6) is -2.93. The molecule has 0 saturated carbocycles. The quantitative estimate of drug-likeness (QED) is 0.797. The van der Waals surface area contributed by atoms with Crippen LogP contribution in [0.25, 0.3) is 6.08 Å². The number of carbonyl (C=O) groups excluding carboxylic acids is 2. The van der Waals surface area contributed by atoms with Gasteiger partial charge in [-0.3, -0.25) is 9.59 Å². The van der Waals surface area contributed by atoms with Crippen molar-refractivity contribution < 1.29 is 18.4 Å². The molecule has 4 nitrogen and oxygen atoms in total. The molecular weight excluding hydrogens is 314 g/mol. The number of primary amides is 1. The third kappa shape index (κ3) is 4.74. The van der Waals surface area contributed by atoms with Crippen LogP contribution in [0, 0.1) is 11.6 Å². The number of hydrogen-bond acceptors (Lipinski definition) is 2. The Morgan fingerprint density at radius 2 is 1.67 bits per heavy atom. The summed E-state index contributed by atoms with van der Waals surface area (Å²) in [5, 5.41) is 2.43. The minimum absolute atomic E-state index is 0.226. The zero-order chi connectivity index (χ0) is 17.5. The van der Waals surface area contributed by atoms with Crippen molar-refractivity contribution in [3.05, 3.63) is 77.4 Å². The van der Waals surface area contributed by atoms with Crippen molar-refractivity contribution >= 4 is 17.9 Å². The molecule has 0 aromatic heterocycles. The van der Waals surface area contributed by atoms with E-state index in [2.05, 4.69) is 5.32 Å². The van der Waals surface area contributed by atoms with Gasteiger partial charge in [0.2, 0.25) is 11.8 Å². The number of halogens is 2. The molecule has 2 aromatic rings. The number of carbonyl (C=O) groups is 2. The number of nitrogens with two attached hydrogens (primary N) is 1. The first-order chi connectivity index (χ1) is 11.5. The molecule has 0 saturated heterocycles. The fraction of sp³-hybridized carbons (Fsp3) is 0.111. The average Bonchev–Trinajstić information content (AvgIpc) is 2.54. The second-order valence-corrected chi connectivity index (χ2v) is 5.12. The first kappa shape index (κ1) is 17.3. The van der Waals surface area contributed by atoms with Gasteiger partial charge in [-0.2, -0.15) is 0 Å². The van der Waals surface area contributed by atoms with Crippen molar-refractivity contribution in [2.75, 3.05) is 0 Å². The number of amides is 2. The Morgan fingerprint density at radius 3 is 2.25 bits per heavy atom. The summed E-state index contributed by atoms with van der Waals surface area (Å²) in [4.78, 5) is 23.4. The standard InChI is InChI=1S/C18H16F2N2O2/c19-14-7-4-8-15(20)13(14)9-10-17(23)22-16(18(21)24)11-12-5-2-1-3-6-12/h1-10,16H,11H2,(H2,21,24)(H,22,23)/b10-9+/t16-/m1/s1. The maximum Gasteiger partial charge on any atom is 0.244 e. The Kier molecular flexibility index (Phi) is 5.78. The van der Waals surface area contributed by atoms with Gasteiger partial charge in [0.05, 0.1) is 0 Å². The molecule has 24 heavy (non-hydrogen) atoms. The molecule has 124 valence electrons. The Balaban J connectivity index is 2.06. The average molecular weight is 330 g/mol. The van der Waals surface area contributed by atoms with Crippen molar-refractivity contribution in [1.82, 2.24) is 5.32 Å². The smallest absolute Gasteiger partial charge is 0.244 e. The van der Waals surface area contributed by atoms with Crippen molar-refractivity contribution in [2.45, 2.75) is 12.5 Å². The summed E-state index contributed by atoms with van der Waals surface area (Å²) >= 11 is 0. The van der Waals surface area contributed by atoms with Crippen molar-refractivity contribution in [3.63, 3.8) is 0 Å². The lowest BCUT2D eigenvalue weighted by molar-refractivity contribution is -0.124. The van der Waals surface area contributed by atoms with Gasteiger partial charge >= 0.3 is 0 Å². The molecule has 0 aliphatic carbocycles. The van der Waals surface area contributed by atoms with E-state index in [1.165, 1.54) is 6.07 Å². The van der Waals surface area contributed by atoms with E-state index in [-0.39, 0.29) is 12.0 Å². The molecule has 3 N–H and O–H groups in total. The number of benzene rings is 2. The van der Waals surface area contributed by atoms with Gasteiger partial charge in [0.15, 0.2) is 0 Å². The molecule has 2 rings (SSSR count). The first-order valence-electron chi connectivity index (χ1n) is 7.23. The summed E-state index contributed by atoms with van der Waals surface area (Å²) in [6, 6.07) is 11.5. The Hall–Kier alpha value is -3.02. The van der Waals surface area contributed by atoms with E-state index in [0.717, 1.165) is 29.8 Å². The molecule has 0 aliphatic heterocycles. The molecule has 0 bridgehead atoms. The fourth-order valence-corrected chi connectivity index (χ4v) is 2.12. The SMILES string of the molecule is NC(=O)[C@@H](Cc1ccccc1)NC(=O)/C=C/c1c(F)cccc1F. The van der Waals surface area contributed by atoms with Crippen LogP contribution in [0.1, 0.15) is 11.1 Å². The lowest BCUT2D eigenvalue weighted by Crippen LogP contribution is -2.45. The van der Waals surface area contributed by atoms with Crippen molar-refractivity contribution in [3.8, 4) is 0 Å². The van der Waals surface area contributed by atoms with Crippen LogP contribution in [-0.4, -0.2) is 17.9 Å². The molecule has 0 aliphatic rings. The van der Waals surface area contributed by atoms with Crippen LogP contribution >= 0.6 is 0 Å². The van der Waals surface area contributed by atoms with E-state index in [4.69, 9.17) is 5.73 Å². The van der Waals surface area contributed by atoms with Gasteiger partial charge < -0.3 is 11.1 Å². The van der Waals surface area contributed by atoms with Crippen LogP contribution in [0.3, 0.4) is 0 Å². The van der Waals surface area contributed by atoms with Crippen molar-refractivity contribution in [2.24, 2.45) is 5.73 Å². The summed E-state index contributed by atoms with van der Waals surface area (Å²) in [5.41, 5.74) is 5.79. The summed E-state index contributed by atoms with van der Waals surface area (Å²) in [6.45, 7) is 0. The normalized spacial score (nSPS) is 12.1. The van der Waals surface area contributed by atoms with Gasteiger partial charge in [-0.05, 0) is 23.8 Å². The second kappa shape index (κ2) is 8.01. The minimum Gasteiger partial charge on any atom is -0.368 e. The Labute approximate surface area is 138 Å². The zero-order valence-corrected chi connectivity index (χ0v) is 12.7. The predicted octanol–water partition coefficient (Wildman–Crippen LogP) is 2.19. The molecule has 0 heterocycles. The lowest BCUT2D eigenvalue weighted by atomic mass is 10.1. The van der Waals surface area contributed by atoms with Crippen LogP contribution in [-0.2, 0) is 16.0 Å². The van der Waals surface area contributed by atoms with Crippen LogP contribution in [0.4, 0.5) is 8.78 Å². The lowest BCUT2D eigenvalue weighted by Gasteiger charge is -2.14. The first-order valence-corrected chi connectivity index (χ1v) is 7.23. The van der Waals surface area contributed by atoms with E-state index in [1.807, 2.05) is 6.07 Å². The van der Waals surface area contributed by atoms with Crippen molar-refractivity contribution in [1.29, 1.82) is 0 Å². The second-order valence-electron chi connectivity index (χ2n) is 5.12. The maximum atomic E-state index is 13.5. The number of rotatable bonds is 6. The van der Waals surface area contributed by atoms with E-state index < -0.39 is 29.5 Å². The molecule has 1 atom stereocenters. The predicted molar refractivity (Wildman–Crippen MR) is 86.7 cm³/mol. The highest BCUT2D eigenvalue weighted by Gasteiger charge is 2.17. The van der Waals surface area contributed by atoms with Crippen LogP contribution < -0.4 is 11.1 Å². The monoisotopic (exact) mass is 330 g/mol.